The number of nitrogens with zero attached hydrogens (tertiary/aromatic N) is 4. The van der Waals surface area contributed by atoms with E-state index in [-0.39, 0.29) is 17.8 Å². The molecule has 1 saturated carbocycles. The molecule has 130 valence electrons. The molecule has 2 rings (SSSR count). The highest BCUT2D eigenvalue weighted by Gasteiger charge is 2.30. The minimum Gasteiger partial charge on any atom is -0.353 e. The van der Waals surface area contributed by atoms with E-state index in [4.69, 9.17) is 0 Å². The van der Waals surface area contributed by atoms with E-state index in [2.05, 4.69) is 34.7 Å². The summed E-state index contributed by atoms with van der Waals surface area (Å²) in [7, 11) is -3.58. The molecule has 9 heteroatoms. The molecule has 0 aromatic carbocycles. The van der Waals surface area contributed by atoms with E-state index in [1.54, 1.807) is 4.68 Å². The maximum absolute atomic E-state index is 12.2. The molecule has 8 nitrogen and oxygen atoms in total. The fraction of sp³-hybridized carbons (Fsp3) is 0.857. The highest BCUT2D eigenvalue weighted by atomic mass is 32.2. The third kappa shape index (κ3) is 5.89. The van der Waals surface area contributed by atoms with E-state index < -0.39 is 21.5 Å². The number of nitrogens with one attached hydrogen (secondary N) is 1. The maximum atomic E-state index is 12.2. The minimum atomic E-state index is -3.58. The van der Waals surface area contributed by atoms with Crippen LogP contribution in [0.3, 0.4) is 0 Å². The molecule has 1 aliphatic rings. The molecule has 1 amide bonds. The predicted octanol–water partition coefficient (Wildman–Crippen LogP) is 0.864. The van der Waals surface area contributed by atoms with Crippen molar-refractivity contribution in [1.82, 2.24) is 25.5 Å². The summed E-state index contributed by atoms with van der Waals surface area (Å²) in [4.78, 5) is 11.9. The van der Waals surface area contributed by atoms with Crippen molar-refractivity contribution < 1.29 is 13.2 Å². The summed E-state index contributed by atoms with van der Waals surface area (Å²) in [5, 5.41) is 13.9. The van der Waals surface area contributed by atoms with Crippen LogP contribution >= 0.6 is 0 Å². The van der Waals surface area contributed by atoms with Crippen molar-refractivity contribution in [1.29, 1.82) is 0 Å². The standard InChI is InChI=1S/C14H25N5O3S/c1-10(2)4-5-11(3)15-14(20)9-23(21,22)8-13-16-17-18-19(13)12-6-7-12/h10-12H,4-9H2,1-3H3,(H,15,20)/t11-/m1/s1. The highest BCUT2D eigenvalue weighted by Crippen LogP contribution is 2.34. The van der Waals surface area contributed by atoms with E-state index in [0.717, 1.165) is 25.7 Å². The van der Waals surface area contributed by atoms with E-state index in [9.17, 15) is 13.2 Å². The fourth-order valence-electron chi connectivity index (χ4n) is 2.33. The summed E-state index contributed by atoms with van der Waals surface area (Å²) >= 11 is 0. The first kappa shape index (κ1) is 17.8. The first-order valence-corrected chi connectivity index (χ1v) is 9.85. The van der Waals surface area contributed by atoms with Crippen molar-refractivity contribution in [3.63, 3.8) is 0 Å². The molecule has 1 N–H and O–H groups in total. The van der Waals surface area contributed by atoms with Gasteiger partial charge in [0.15, 0.2) is 15.7 Å². The topological polar surface area (TPSA) is 107 Å². The molecule has 23 heavy (non-hydrogen) atoms. The smallest absolute Gasteiger partial charge is 0.235 e. The number of amides is 1. The van der Waals surface area contributed by atoms with Gasteiger partial charge in [-0.15, -0.1) is 5.10 Å². The first-order valence-electron chi connectivity index (χ1n) is 8.03. The summed E-state index contributed by atoms with van der Waals surface area (Å²) in [6.45, 7) is 6.12. The van der Waals surface area contributed by atoms with Gasteiger partial charge in [0, 0.05) is 6.04 Å². The molecule has 0 saturated heterocycles. The van der Waals surface area contributed by atoms with Crippen molar-refractivity contribution >= 4 is 15.7 Å². The largest absolute Gasteiger partial charge is 0.353 e. The first-order chi connectivity index (χ1) is 10.8. The van der Waals surface area contributed by atoms with Crippen LogP contribution in [0.2, 0.25) is 0 Å². The molecule has 0 aliphatic heterocycles. The molecular formula is C14H25N5O3S. The van der Waals surface area contributed by atoms with E-state index in [1.165, 1.54) is 0 Å². The molecule has 1 heterocycles. The lowest BCUT2D eigenvalue weighted by molar-refractivity contribution is -0.119. The van der Waals surface area contributed by atoms with Gasteiger partial charge < -0.3 is 5.32 Å². The van der Waals surface area contributed by atoms with Gasteiger partial charge in [-0.3, -0.25) is 4.79 Å². The SMILES string of the molecule is CC(C)CC[C@@H](C)NC(=O)CS(=O)(=O)Cc1nnnn1C1CC1. The molecule has 0 bridgehead atoms. The van der Waals surface area contributed by atoms with E-state index in [1.807, 2.05) is 6.92 Å². The van der Waals surface area contributed by atoms with Gasteiger partial charge in [-0.1, -0.05) is 13.8 Å². The fourth-order valence-corrected chi connectivity index (χ4v) is 3.50. The lowest BCUT2D eigenvalue weighted by atomic mass is 10.0. The third-order valence-electron chi connectivity index (χ3n) is 3.74. The quantitative estimate of drug-likeness (QED) is 0.713. The molecule has 1 atom stereocenters. The van der Waals surface area contributed by atoms with Gasteiger partial charge in [0.25, 0.3) is 0 Å². The molecule has 1 aliphatic carbocycles. The lowest BCUT2D eigenvalue weighted by Gasteiger charge is -2.15. The van der Waals surface area contributed by atoms with Crippen molar-refractivity contribution in [3.8, 4) is 0 Å². The zero-order chi connectivity index (χ0) is 17.0. The molecule has 0 spiro atoms. The maximum Gasteiger partial charge on any atom is 0.235 e. The third-order valence-corrected chi connectivity index (χ3v) is 5.14. The van der Waals surface area contributed by atoms with Crippen molar-refractivity contribution in [2.24, 2.45) is 5.92 Å². The van der Waals surface area contributed by atoms with Gasteiger partial charge in [-0.05, 0) is 49.0 Å². The molecule has 1 aromatic heterocycles. The summed E-state index contributed by atoms with van der Waals surface area (Å²) < 4.78 is 25.9. The zero-order valence-corrected chi connectivity index (χ0v) is 14.7. The van der Waals surface area contributed by atoms with Gasteiger partial charge in [0.1, 0.15) is 11.5 Å². The number of hydrogen-bond acceptors (Lipinski definition) is 6. The van der Waals surface area contributed by atoms with Gasteiger partial charge in [0.05, 0.1) is 6.04 Å². The van der Waals surface area contributed by atoms with E-state index in [0.29, 0.717) is 11.7 Å². The Morgan fingerprint density at radius 2 is 2.00 bits per heavy atom. The summed E-state index contributed by atoms with van der Waals surface area (Å²) in [6, 6.07) is 0.178. The number of sulfone groups is 1. The Labute approximate surface area is 136 Å². The van der Waals surface area contributed by atoms with Gasteiger partial charge in [-0.2, -0.15) is 0 Å². The number of rotatable bonds is 9. The normalized spacial score (nSPS) is 16.5. The Morgan fingerprint density at radius 1 is 1.30 bits per heavy atom. The molecule has 0 radical (unpaired) electrons. The minimum absolute atomic E-state index is 0.0307. The van der Waals surface area contributed by atoms with Crippen LogP contribution in [0.5, 0.6) is 0 Å². The van der Waals surface area contributed by atoms with Crippen molar-refractivity contribution in [3.05, 3.63) is 5.82 Å². The highest BCUT2D eigenvalue weighted by molar-refractivity contribution is 7.91. The number of hydrogen-bond donors (Lipinski definition) is 1. The van der Waals surface area contributed by atoms with Crippen LogP contribution in [0.15, 0.2) is 0 Å². The number of aromatic nitrogens is 4. The van der Waals surface area contributed by atoms with Crippen LogP contribution in [0, 0.1) is 5.92 Å². The number of tetrazole rings is 1. The van der Waals surface area contributed by atoms with Crippen molar-refractivity contribution in [2.75, 3.05) is 5.75 Å². The second kappa shape index (κ2) is 7.37. The van der Waals surface area contributed by atoms with Crippen molar-refractivity contribution in [2.45, 2.75) is 64.3 Å². The molecule has 1 fully saturated rings. The monoisotopic (exact) mass is 343 g/mol. The van der Waals surface area contributed by atoms with Gasteiger partial charge >= 0.3 is 0 Å². The Bertz CT molecular complexity index is 637. The Morgan fingerprint density at radius 3 is 2.61 bits per heavy atom. The summed E-state index contributed by atoms with van der Waals surface area (Å²) in [5.41, 5.74) is 0. The van der Waals surface area contributed by atoms with Crippen LogP contribution in [0.25, 0.3) is 0 Å². The predicted molar refractivity (Wildman–Crippen MR) is 85.3 cm³/mol. The Kier molecular flexibility index (Phi) is 5.72. The molecule has 0 unspecified atom stereocenters. The average molecular weight is 343 g/mol. The van der Waals surface area contributed by atoms with Gasteiger partial charge in [0.2, 0.25) is 5.91 Å². The van der Waals surface area contributed by atoms with Crippen LogP contribution in [0.4, 0.5) is 0 Å². The number of carbonyl (C=O) groups is 1. The molecule has 1 aromatic rings. The Hall–Kier alpha value is -1.51. The van der Waals surface area contributed by atoms with E-state index >= 15 is 0 Å². The second-order valence-electron chi connectivity index (χ2n) is 6.74. The average Bonchev–Trinajstić information content (AvgIpc) is 3.16. The summed E-state index contributed by atoms with van der Waals surface area (Å²) in [6.07, 6.45) is 3.76. The van der Waals surface area contributed by atoms with Crippen LogP contribution in [0.1, 0.15) is 58.3 Å². The van der Waals surface area contributed by atoms with Gasteiger partial charge in [-0.25, -0.2) is 13.1 Å². The van der Waals surface area contributed by atoms with Crippen LogP contribution in [-0.2, 0) is 20.4 Å². The second-order valence-corrected chi connectivity index (χ2v) is 8.81. The zero-order valence-electron chi connectivity index (χ0n) is 13.9. The summed E-state index contributed by atoms with van der Waals surface area (Å²) in [5.74, 6) is -0.430. The number of carbonyl (C=O) groups excluding carboxylic acids is 1. The van der Waals surface area contributed by atoms with Crippen LogP contribution in [-0.4, -0.2) is 46.3 Å². The Balaban J connectivity index is 1.85. The lowest BCUT2D eigenvalue weighted by Crippen LogP contribution is -2.37. The molecular weight excluding hydrogens is 318 g/mol. The van der Waals surface area contributed by atoms with Crippen LogP contribution < -0.4 is 5.32 Å².